The van der Waals surface area contributed by atoms with Crippen LogP contribution in [0.2, 0.25) is 0 Å². The SMILES string of the molecule is CN(C)CC(C)(C)CNc1ncnc2sc3c(c12)CCCC3. The van der Waals surface area contributed by atoms with E-state index in [0.29, 0.717) is 0 Å². The van der Waals surface area contributed by atoms with Crippen molar-refractivity contribution in [3.8, 4) is 0 Å². The number of thiophene rings is 1. The minimum Gasteiger partial charge on any atom is -0.369 e. The third-order valence-electron chi connectivity index (χ3n) is 4.23. The van der Waals surface area contributed by atoms with E-state index >= 15 is 0 Å². The molecule has 4 nitrogen and oxygen atoms in total. The van der Waals surface area contributed by atoms with Crippen LogP contribution in [0, 0.1) is 5.41 Å². The highest BCUT2D eigenvalue weighted by atomic mass is 32.1. The highest BCUT2D eigenvalue weighted by Crippen LogP contribution is 2.38. The fourth-order valence-corrected chi connectivity index (χ4v) is 4.69. The molecule has 2 heterocycles. The monoisotopic (exact) mass is 318 g/mol. The lowest BCUT2D eigenvalue weighted by Crippen LogP contribution is -2.34. The van der Waals surface area contributed by atoms with Gasteiger partial charge in [0.1, 0.15) is 17.0 Å². The van der Waals surface area contributed by atoms with Crippen LogP contribution in [0.4, 0.5) is 5.82 Å². The second-order valence-corrected chi connectivity index (χ2v) is 8.45. The zero-order valence-electron chi connectivity index (χ0n) is 14.1. The van der Waals surface area contributed by atoms with Crippen molar-refractivity contribution in [1.82, 2.24) is 14.9 Å². The number of aromatic nitrogens is 2. The van der Waals surface area contributed by atoms with Gasteiger partial charge in [0.2, 0.25) is 0 Å². The van der Waals surface area contributed by atoms with Crippen LogP contribution in [-0.2, 0) is 12.8 Å². The van der Waals surface area contributed by atoms with Gasteiger partial charge in [-0.05, 0) is 50.8 Å². The molecule has 0 fully saturated rings. The summed E-state index contributed by atoms with van der Waals surface area (Å²) in [5.74, 6) is 1.02. The first-order valence-electron chi connectivity index (χ1n) is 8.10. The number of rotatable bonds is 5. The summed E-state index contributed by atoms with van der Waals surface area (Å²) in [7, 11) is 4.25. The van der Waals surface area contributed by atoms with E-state index in [-0.39, 0.29) is 5.41 Å². The van der Waals surface area contributed by atoms with Gasteiger partial charge in [-0.1, -0.05) is 13.8 Å². The zero-order valence-corrected chi connectivity index (χ0v) is 14.9. The van der Waals surface area contributed by atoms with E-state index in [1.165, 1.54) is 41.5 Å². The fraction of sp³-hybridized carbons (Fsp3) is 0.647. The van der Waals surface area contributed by atoms with Gasteiger partial charge in [0.25, 0.3) is 0 Å². The summed E-state index contributed by atoms with van der Waals surface area (Å²) in [6.45, 7) is 6.56. The number of aryl methyl sites for hydroxylation is 2. The minimum absolute atomic E-state index is 0.205. The Morgan fingerprint density at radius 2 is 2.00 bits per heavy atom. The first-order chi connectivity index (χ1) is 10.5. The van der Waals surface area contributed by atoms with Crippen molar-refractivity contribution in [3.05, 3.63) is 16.8 Å². The fourth-order valence-electron chi connectivity index (χ4n) is 3.46. The standard InChI is InChI=1S/C17H26N4S/c1-17(2,10-21(3)4)9-18-15-14-12-7-5-6-8-13(12)22-16(14)20-11-19-15/h11H,5-10H2,1-4H3,(H,18,19,20). The van der Waals surface area contributed by atoms with Crippen LogP contribution in [0.1, 0.15) is 37.1 Å². The normalized spacial score (nSPS) is 15.3. The molecule has 0 atom stereocenters. The molecule has 2 aromatic rings. The molecule has 3 rings (SSSR count). The first kappa shape index (κ1) is 15.7. The second kappa shape index (κ2) is 6.13. The third kappa shape index (κ3) is 3.25. The lowest BCUT2D eigenvalue weighted by atomic mass is 9.92. The van der Waals surface area contributed by atoms with Gasteiger partial charge in [-0.3, -0.25) is 0 Å². The number of fused-ring (bicyclic) bond motifs is 3. The quantitative estimate of drug-likeness (QED) is 0.915. The smallest absolute Gasteiger partial charge is 0.138 e. The van der Waals surface area contributed by atoms with Gasteiger partial charge in [-0.15, -0.1) is 11.3 Å². The molecular formula is C17H26N4S. The Hall–Kier alpha value is -1.20. The van der Waals surface area contributed by atoms with Crippen LogP contribution in [0.25, 0.3) is 10.2 Å². The first-order valence-corrected chi connectivity index (χ1v) is 8.92. The summed E-state index contributed by atoms with van der Waals surface area (Å²) >= 11 is 1.86. The van der Waals surface area contributed by atoms with Crippen molar-refractivity contribution in [2.24, 2.45) is 5.41 Å². The van der Waals surface area contributed by atoms with E-state index in [9.17, 15) is 0 Å². The molecule has 0 saturated carbocycles. The van der Waals surface area contributed by atoms with Gasteiger partial charge in [-0.2, -0.15) is 0 Å². The predicted octanol–water partition coefficient (Wildman–Crippen LogP) is 3.57. The van der Waals surface area contributed by atoms with Crippen molar-refractivity contribution in [2.45, 2.75) is 39.5 Å². The molecule has 0 aliphatic heterocycles. The molecule has 0 amide bonds. The molecule has 1 aliphatic rings. The number of nitrogens with zero attached hydrogens (tertiary/aromatic N) is 3. The van der Waals surface area contributed by atoms with Crippen LogP contribution in [-0.4, -0.2) is 42.1 Å². The Balaban J connectivity index is 1.86. The average Bonchev–Trinajstić information content (AvgIpc) is 2.83. The van der Waals surface area contributed by atoms with E-state index in [4.69, 9.17) is 0 Å². The van der Waals surface area contributed by atoms with Gasteiger partial charge in [0.05, 0.1) is 5.39 Å². The topological polar surface area (TPSA) is 41.0 Å². The van der Waals surface area contributed by atoms with E-state index < -0.39 is 0 Å². The highest BCUT2D eigenvalue weighted by molar-refractivity contribution is 7.19. The number of hydrogen-bond donors (Lipinski definition) is 1. The Labute approximate surface area is 137 Å². The maximum atomic E-state index is 4.54. The lowest BCUT2D eigenvalue weighted by molar-refractivity contribution is 0.254. The van der Waals surface area contributed by atoms with Crippen molar-refractivity contribution >= 4 is 27.4 Å². The van der Waals surface area contributed by atoms with Crippen molar-refractivity contribution in [3.63, 3.8) is 0 Å². The second-order valence-electron chi connectivity index (χ2n) is 7.37. The third-order valence-corrected chi connectivity index (χ3v) is 5.43. The summed E-state index contributed by atoms with van der Waals surface area (Å²) < 4.78 is 0. The molecule has 22 heavy (non-hydrogen) atoms. The van der Waals surface area contributed by atoms with Gasteiger partial charge in [-0.25, -0.2) is 9.97 Å². The molecule has 0 saturated heterocycles. The molecule has 120 valence electrons. The molecule has 1 N–H and O–H groups in total. The predicted molar refractivity (Wildman–Crippen MR) is 94.9 cm³/mol. The van der Waals surface area contributed by atoms with Crippen LogP contribution < -0.4 is 5.32 Å². The Kier molecular flexibility index (Phi) is 4.37. The molecule has 2 aromatic heterocycles. The summed E-state index contributed by atoms with van der Waals surface area (Å²) in [5, 5.41) is 4.88. The lowest BCUT2D eigenvalue weighted by Gasteiger charge is -2.28. The Morgan fingerprint density at radius 3 is 2.77 bits per heavy atom. The molecule has 0 unspecified atom stereocenters. The Morgan fingerprint density at radius 1 is 1.23 bits per heavy atom. The maximum Gasteiger partial charge on any atom is 0.138 e. The molecule has 0 bridgehead atoms. The van der Waals surface area contributed by atoms with Crippen LogP contribution in [0.5, 0.6) is 0 Å². The van der Waals surface area contributed by atoms with Gasteiger partial charge >= 0.3 is 0 Å². The largest absolute Gasteiger partial charge is 0.369 e. The molecule has 0 spiro atoms. The van der Waals surface area contributed by atoms with Crippen molar-refractivity contribution < 1.29 is 0 Å². The van der Waals surface area contributed by atoms with E-state index in [2.05, 4.69) is 48.1 Å². The van der Waals surface area contributed by atoms with Gasteiger partial charge in [0.15, 0.2) is 0 Å². The van der Waals surface area contributed by atoms with E-state index in [0.717, 1.165) is 23.7 Å². The minimum atomic E-state index is 0.205. The van der Waals surface area contributed by atoms with E-state index in [1.54, 1.807) is 6.33 Å². The summed E-state index contributed by atoms with van der Waals surface area (Å²) in [5.41, 5.74) is 1.70. The number of anilines is 1. The molecule has 0 aromatic carbocycles. The van der Waals surface area contributed by atoms with Crippen molar-refractivity contribution in [2.75, 3.05) is 32.5 Å². The van der Waals surface area contributed by atoms with Crippen LogP contribution >= 0.6 is 11.3 Å². The van der Waals surface area contributed by atoms with Crippen LogP contribution in [0.15, 0.2) is 6.33 Å². The average molecular weight is 318 g/mol. The summed E-state index contributed by atoms with van der Waals surface area (Å²) in [4.78, 5) is 14.0. The summed E-state index contributed by atoms with van der Waals surface area (Å²) in [6.07, 6.45) is 6.69. The number of hydrogen-bond acceptors (Lipinski definition) is 5. The molecule has 1 aliphatic carbocycles. The highest BCUT2D eigenvalue weighted by Gasteiger charge is 2.22. The molecule has 5 heteroatoms. The zero-order chi connectivity index (χ0) is 15.7. The summed E-state index contributed by atoms with van der Waals surface area (Å²) in [6, 6.07) is 0. The van der Waals surface area contributed by atoms with Crippen LogP contribution in [0.3, 0.4) is 0 Å². The van der Waals surface area contributed by atoms with E-state index in [1.807, 2.05) is 11.3 Å². The molecule has 0 radical (unpaired) electrons. The maximum absolute atomic E-state index is 4.54. The van der Waals surface area contributed by atoms with Gasteiger partial charge in [0, 0.05) is 18.0 Å². The van der Waals surface area contributed by atoms with Crippen molar-refractivity contribution in [1.29, 1.82) is 0 Å². The number of nitrogens with one attached hydrogen (secondary N) is 1. The Bertz CT molecular complexity index is 660. The molecular weight excluding hydrogens is 292 g/mol. The van der Waals surface area contributed by atoms with Gasteiger partial charge < -0.3 is 10.2 Å².